The number of fused-ring (bicyclic) bond motifs is 3. The van der Waals surface area contributed by atoms with E-state index in [1.54, 1.807) is 12.2 Å². The van der Waals surface area contributed by atoms with E-state index in [0.29, 0.717) is 18.0 Å². The Morgan fingerprint density at radius 2 is 1.96 bits per heavy atom. The van der Waals surface area contributed by atoms with Crippen LogP contribution in [-0.2, 0) is 9.59 Å². The second kappa shape index (κ2) is 6.62. The van der Waals surface area contributed by atoms with E-state index in [1.807, 2.05) is 6.92 Å². The number of hydrogen-bond acceptors (Lipinski definition) is 7. The summed E-state index contributed by atoms with van der Waals surface area (Å²) >= 11 is 0. The fraction of sp³-hybridized carbons (Fsp3) is 0.619. The summed E-state index contributed by atoms with van der Waals surface area (Å²) in [6.45, 7) is 2.40. The molecule has 7 heteroatoms. The summed E-state index contributed by atoms with van der Waals surface area (Å²) in [4.78, 5) is 24.7. The van der Waals surface area contributed by atoms with Crippen LogP contribution in [0.15, 0.2) is 35.1 Å². The van der Waals surface area contributed by atoms with Gasteiger partial charge in [-0.25, -0.2) is 0 Å². The first-order chi connectivity index (χ1) is 13.2. The lowest BCUT2D eigenvalue weighted by atomic mass is 9.48. The van der Waals surface area contributed by atoms with Crippen LogP contribution in [0.3, 0.4) is 0 Å². The van der Waals surface area contributed by atoms with Crippen molar-refractivity contribution in [2.75, 3.05) is 13.1 Å². The summed E-state index contributed by atoms with van der Waals surface area (Å²) in [5.74, 6) is -1.55. The summed E-state index contributed by atoms with van der Waals surface area (Å²) in [5, 5.41) is 44.8. The molecule has 4 aliphatic carbocycles. The zero-order chi connectivity index (χ0) is 20.3. The van der Waals surface area contributed by atoms with Gasteiger partial charge in [0.2, 0.25) is 5.78 Å². The van der Waals surface area contributed by atoms with Crippen molar-refractivity contribution in [1.29, 1.82) is 0 Å². The SMILES string of the molecule is C[C@@H]1C=C2C=CC(=O)C(O)=C2[C@@]2(CCN(O)CC3CC3)[C@@H](O)C(=O)CC[C@@]12O. The zero-order valence-electron chi connectivity index (χ0n) is 16.0. The molecule has 28 heavy (non-hydrogen) atoms. The third-order valence-corrected chi connectivity index (χ3v) is 7.03. The third kappa shape index (κ3) is 2.72. The normalized spacial score (nSPS) is 37.8. The molecule has 4 rings (SSSR count). The molecule has 0 aromatic carbocycles. The van der Waals surface area contributed by atoms with E-state index in [1.165, 1.54) is 6.08 Å². The van der Waals surface area contributed by atoms with Crippen LogP contribution in [0.4, 0.5) is 0 Å². The van der Waals surface area contributed by atoms with Crippen LogP contribution in [0.25, 0.3) is 0 Å². The number of carbonyl (C=O) groups excluding carboxylic acids is 2. The van der Waals surface area contributed by atoms with Crippen LogP contribution in [0.2, 0.25) is 0 Å². The molecule has 2 saturated carbocycles. The Hall–Kier alpha value is -1.80. The molecule has 0 spiro atoms. The van der Waals surface area contributed by atoms with E-state index in [2.05, 4.69) is 0 Å². The minimum Gasteiger partial charge on any atom is -0.504 e. The van der Waals surface area contributed by atoms with Gasteiger partial charge in [0, 0.05) is 31.0 Å². The molecule has 0 saturated heterocycles. The Kier molecular flexibility index (Phi) is 4.62. The number of hydroxylamine groups is 2. The van der Waals surface area contributed by atoms with Crippen molar-refractivity contribution in [2.24, 2.45) is 17.3 Å². The minimum absolute atomic E-state index is 0.0235. The maximum atomic E-state index is 12.5. The number of rotatable bonds is 5. The van der Waals surface area contributed by atoms with Gasteiger partial charge in [-0.1, -0.05) is 19.1 Å². The van der Waals surface area contributed by atoms with Crippen LogP contribution in [0.1, 0.15) is 39.0 Å². The van der Waals surface area contributed by atoms with Crippen LogP contribution in [-0.4, -0.2) is 62.0 Å². The number of aliphatic hydroxyl groups is 3. The lowest BCUT2D eigenvalue weighted by molar-refractivity contribution is -0.193. The van der Waals surface area contributed by atoms with E-state index in [9.17, 15) is 30.1 Å². The van der Waals surface area contributed by atoms with Crippen molar-refractivity contribution in [3.63, 3.8) is 0 Å². The van der Waals surface area contributed by atoms with Crippen molar-refractivity contribution in [3.05, 3.63) is 35.1 Å². The Morgan fingerprint density at radius 1 is 1.25 bits per heavy atom. The first-order valence-electron chi connectivity index (χ1n) is 9.96. The summed E-state index contributed by atoms with van der Waals surface area (Å²) in [7, 11) is 0. The molecule has 0 bridgehead atoms. The first kappa shape index (κ1) is 19.5. The summed E-state index contributed by atoms with van der Waals surface area (Å²) < 4.78 is 0. The summed E-state index contributed by atoms with van der Waals surface area (Å²) in [6.07, 6.45) is 5.32. The van der Waals surface area contributed by atoms with Gasteiger partial charge in [0.05, 0.1) is 11.0 Å². The second-order valence-corrected chi connectivity index (χ2v) is 8.70. The third-order valence-electron chi connectivity index (χ3n) is 7.03. The fourth-order valence-electron chi connectivity index (χ4n) is 5.25. The number of carbonyl (C=O) groups is 2. The number of aliphatic hydroxyl groups excluding tert-OH is 2. The minimum atomic E-state index is -1.57. The summed E-state index contributed by atoms with van der Waals surface area (Å²) in [6, 6.07) is 0. The van der Waals surface area contributed by atoms with Gasteiger partial charge in [0.25, 0.3) is 0 Å². The second-order valence-electron chi connectivity index (χ2n) is 8.70. The van der Waals surface area contributed by atoms with Crippen molar-refractivity contribution in [3.8, 4) is 0 Å². The largest absolute Gasteiger partial charge is 0.504 e. The molecule has 7 nitrogen and oxygen atoms in total. The van der Waals surface area contributed by atoms with E-state index in [-0.39, 0.29) is 31.4 Å². The molecule has 2 fully saturated rings. The van der Waals surface area contributed by atoms with Crippen LogP contribution in [0, 0.1) is 17.3 Å². The van der Waals surface area contributed by atoms with Gasteiger partial charge in [-0.3, -0.25) is 9.59 Å². The number of nitrogens with zero attached hydrogens (tertiary/aromatic N) is 1. The molecule has 4 aliphatic rings. The van der Waals surface area contributed by atoms with Crippen LogP contribution < -0.4 is 0 Å². The lowest BCUT2D eigenvalue weighted by Gasteiger charge is -2.58. The quantitative estimate of drug-likeness (QED) is 0.526. The standard InChI is InChI=1S/C21H27NO6/c1-12-10-14-4-5-15(23)18(25)17(14)20(8-9-22(28)11-13-2-3-13)19(26)16(24)6-7-21(12,20)27/h4-5,10,12-13,19,25-28H,2-3,6-9,11H2,1H3/t12-,19+,20+,21-/m1/s1. The number of allylic oxidation sites excluding steroid dienone is 3. The van der Waals surface area contributed by atoms with Crippen molar-refractivity contribution >= 4 is 11.6 Å². The van der Waals surface area contributed by atoms with Gasteiger partial charge >= 0.3 is 0 Å². The highest BCUT2D eigenvalue weighted by Gasteiger charge is 2.66. The van der Waals surface area contributed by atoms with Crippen molar-refractivity contribution < 1.29 is 30.1 Å². The molecule has 0 radical (unpaired) electrons. The van der Waals surface area contributed by atoms with Gasteiger partial charge in [-0.05, 0) is 43.3 Å². The van der Waals surface area contributed by atoms with Gasteiger partial charge in [-0.15, -0.1) is 0 Å². The van der Waals surface area contributed by atoms with E-state index in [0.717, 1.165) is 17.9 Å². The lowest BCUT2D eigenvalue weighted by Crippen LogP contribution is -2.67. The van der Waals surface area contributed by atoms with Gasteiger partial charge in [0.1, 0.15) is 6.10 Å². The highest BCUT2D eigenvalue weighted by atomic mass is 16.5. The molecule has 152 valence electrons. The van der Waals surface area contributed by atoms with Crippen LogP contribution in [0.5, 0.6) is 0 Å². The fourth-order valence-corrected chi connectivity index (χ4v) is 5.25. The Bertz CT molecular complexity index is 810. The first-order valence-corrected chi connectivity index (χ1v) is 9.96. The Morgan fingerprint density at radius 3 is 2.64 bits per heavy atom. The number of Topliss-reactive ketones (excluding diaryl/α,β-unsaturated/α-hetero) is 1. The molecule has 4 N–H and O–H groups in total. The zero-order valence-corrected chi connectivity index (χ0v) is 16.0. The monoisotopic (exact) mass is 389 g/mol. The van der Waals surface area contributed by atoms with Crippen molar-refractivity contribution in [1.82, 2.24) is 5.06 Å². The molecule has 0 aliphatic heterocycles. The molecule has 0 unspecified atom stereocenters. The molecule has 0 aromatic rings. The highest BCUT2D eigenvalue weighted by Crippen LogP contribution is 2.60. The molecule has 0 heterocycles. The topological polar surface area (TPSA) is 118 Å². The van der Waals surface area contributed by atoms with E-state index in [4.69, 9.17) is 0 Å². The average molecular weight is 389 g/mol. The molecular weight excluding hydrogens is 362 g/mol. The summed E-state index contributed by atoms with van der Waals surface area (Å²) in [5.41, 5.74) is -2.41. The Labute approximate surface area is 163 Å². The smallest absolute Gasteiger partial charge is 0.220 e. The predicted octanol–water partition coefficient (Wildman–Crippen LogP) is 1.45. The van der Waals surface area contributed by atoms with Gasteiger partial charge < -0.3 is 20.5 Å². The Balaban J connectivity index is 1.82. The predicted molar refractivity (Wildman–Crippen MR) is 99.4 cm³/mol. The average Bonchev–Trinajstić information content (AvgIpc) is 3.46. The van der Waals surface area contributed by atoms with Crippen LogP contribution >= 0.6 is 0 Å². The van der Waals surface area contributed by atoms with Gasteiger partial charge in [-0.2, -0.15) is 5.06 Å². The molecule has 4 atom stereocenters. The van der Waals surface area contributed by atoms with E-state index >= 15 is 0 Å². The van der Waals surface area contributed by atoms with E-state index < -0.39 is 40.4 Å². The van der Waals surface area contributed by atoms with Gasteiger partial charge in [0.15, 0.2) is 11.5 Å². The van der Waals surface area contributed by atoms with Crippen molar-refractivity contribution in [2.45, 2.75) is 50.7 Å². The highest BCUT2D eigenvalue weighted by molar-refractivity contribution is 6.06. The maximum absolute atomic E-state index is 12.5. The number of hydrogen-bond donors (Lipinski definition) is 4. The maximum Gasteiger partial charge on any atom is 0.220 e. The molecule has 0 amide bonds. The molecule has 0 aromatic heterocycles. The molecular formula is C21H27NO6. The number of ketones is 2.